The first-order chi connectivity index (χ1) is 10.6. The minimum Gasteiger partial charge on any atom is -0.511 e. The summed E-state index contributed by atoms with van der Waals surface area (Å²) in [6.07, 6.45) is 7.39. The molecule has 0 unspecified atom stereocenters. The number of hydrogen-bond donors (Lipinski definition) is 2. The third-order valence-corrected chi connectivity index (χ3v) is 4.86. The molecule has 3 nitrogen and oxygen atoms in total. The summed E-state index contributed by atoms with van der Waals surface area (Å²) in [5.41, 5.74) is 1.46. The first kappa shape index (κ1) is 15.3. The van der Waals surface area contributed by atoms with Gasteiger partial charge in [0.15, 0.2) is 18.0 Å². The van der Waals surface area contributed by atoms with E-state index in [1.54, 1.807) is 6.21 Å². The molecule has 0 heterocycles. The quantitative estimate of drug-likeness (QED) is 0.842. The third-order valence-electron chi connectivity index (χ3n) is 4.62. The van der Waals surface area contributed by atoms with Crippen molar-refractivity contribution in [3.63, 3.8) is 0 Å². The predicted molar refractivity (Wildman–Crippen MR) is 87.4 cm³/mol. The summed E-state index contributed by atoms with van der Waals surface area (Å²) < 4.78 is 0. The van der Waals surface area contributed by atoms with E-state index in [4.69, 9.17) is 11.6 Å². The van der Waals surface area contributed by atoms with Crippen molar-refractivity contribution < 1.29 is 14.9 Å². The summed E-state index contributed by atoms with van der Waals surface area (Å²) in [4.78, 5) is 15.6. The number of aliphatic hydroxyl groups excluding tert-OH is 1. The molecule has 0 saturated heterocycles. The highest BCUT2D eigenvalue weighted by Gasteiger charge is 2.29. The summed E-state index contributed by atoms with van der Waals surface area (Å²) >= 11 is 6.01. The van der Waals surface area contributed by atoms with Crippen LogP contribution in [-0.4, -0.2) is 23.1 Å². The molecule has 0 aliphatic heterocycles. The molecule has 0 bridgehead atoms. The number of Topliss-reactive ketones (excluding diaryl/α,β-unsaturated/α-hetero) is 1. The van der Waals surface area contributed by atoms with E-state index < -0.39 is 0 Å². The molecule has 116 valence electrons. The summed E-state index contributed by atoms with van der Waals surface area (Å²) in [6, 6.07) is 7.97. The Morgan fingerprint density at radius 3 is 2.68 bits per heavy atom. The zero-order chi connectivity index (χ0) is 15.5. The average Bonchev–Trinajstić information content (AvgIpc) is 2.99. The average molecular weight is 319 g/mol. The zero-order valence-corrected chi connectivity index (χ0v) is 13.3. The molecule has 2 aliphatic carbocycles. The van der Waals surface area contributed by atoms with Crippen molar-refractivity contribution in [2.45, 2.75) is 50.5 Å². The number of rotatable bonds is 3. The van der Waals surface area contributed by atoms with Crippen molar-refractivity contribution in [3.05, 3.63) is 46.2 Å². The molecule has 1 aromatic rings. The fourth-order valence-corrected chi connectivity index (χ4v) is 3.56. The zero-order valence-electron chi connectivity index (χ0n) is 12.5. The van der Waals surface area contributed by atoms with E-state index in [-0.39, 0.29) is 17.5 Å². The van der Waals surface area contributed by atoms with Crippen LogP contribution in [-0.2, 0) is 4.79 Å². The normalized spacial score (nSPS) is 23.7. The van der Waals surface area contributed by atoms with Gasteiger partial charge < -0.3 is 5.11 Å². The number of aliphatic hydroxyl groups is 1. The molecule has 1 aromatic carbocycles. The summed E-state index contributed by atoms with van der Waals surface area (Å²) in [5.74, 6) is 0.195. The molecule has 22 heavy (non-hydrogen) atoms. The van der Waals surface area contributed by atoms with Gasteiger partial charge in [-0.3, -0.25) is 4.79 Å². The van der Waals surface area contributed by atoms with E-state index in [1.165, 1.54) is 12.8 Å². The highest BCUT2D eigenvalue weighted by atomic mass is 35.5. The molecule has 3 rings (SSSR count). The van der Waals surface area contributed by atoms with E-state index >= 15 is 0 Å². The lowest BCUT2D eigenvalue weighted by Crippen LogP contribution is -2.76. The third kappa shape index (κ3) is 3.41. The number of carbonyl (C=O) groups is 1. The number of halogens is 1. The maximum absolute atomic E-state index is 12.4. The SMILES string of the molecule is O=C1C[C@H](c2cccc(Cl)c2)CC(O)=C1C=[NH+]C1CCCC1. The molecule has 0 aromatic heterocycles. The van der Waals surface area contributed by atoms with Crippen LogP contribution in [0.2, 0.25) is 5.02 Å². The van der Waals surface area contributed by atoms with Crippen LogP contribution in [0.25, 0.3) is 0 Å². The monoisotopic (exact) mass is 318 g/mol. The van der Waals surface area contributed by atoms with Crippen LogP contribution in [0.4, 0.5) is 0 Å². The van der Waals surface area contributed by atoms with Gasteiger partial charge in [-0.05, 0) is 36.5 Å². The van der Waals surface area contributed by atoms with Gasteiger partial charge in [0, 0.05) is 30.7 Å². The van der Waals surface area contributed by atoms with Crippen molar-refractivity contribution in [2.75, 3.05) is 0 Å². The fraction of sp³-hybridized carbons (Fsp3) is 0.444. The van der Waals surface area contributed by atoms with Gasteiger partial charge in [0.05, 0.1) is 0 Å². The van der Waals surface area contributed by atoms with Crippen LogP contribution in [0.5, 0.6) is 0 Å². The number of hydrogen-bond acceptors (Lipinski definition) is 2. The van der Waals surface area contributed by atoms with Crippen molar-refractivity contribution in [1.82, 2.24) is 0 Å². The lowest BCUT2D eigenvalue weighted by molar-refractivity contribution is -0.495. The van der Waals surface area contributed by atoms with Crippen LogP contribution in [0.15, 0.2) is 35.6 Å². The summed E-state index contributed by atoms with van der Waals surface area (Å²) in [6.45, 7) is 0. The molecule has 4 heteroatoms. The lowest BCUT2D eigenvalue weighted by atomic mass is 9.83. The van der Waals surface area contributed by atoms with Crippen LogP contribution < -0.4 is 4.99 Å². The van der Waals surface area contributed by atoms with Gasteiger partial charge in [-0.2, -0.15) is 0 Å². The van der Waals surface area contributed by atoms with Gasteiger partial charge in [-0.25, -0.2) is 4.99 Å². The van der Waals surface area contributed by atoms with E-state index in [1.807, 2.05) is 24.3 Å². The Kier molecular flexibility index (Phi) is 4.63. The van der Waals surface area contributed by atoms with Crippen LogP contribution in [0.3, 0.4) is 0 Å². The Balaban J connectivity index is 1.76. The Morgan fingerprint density at radius 1 is 1.23 bits per heavy atom. The largest absolute Gasteiger partial charge is 0.511 e. The van der Waals surface area contributed by atoms with E-state index in [0.29, 0.717) is 29.5 Å². The van der Waals surface area contributed by atoms with Crippen molar-refractivity contribution in [1.29, 1.82) is 0 Å². The molecule has 1 saturated carbocycles. The minimum absolute atomic E-state index is 0.000720. The molecule has 0 spiro atoms. The van der Waals surface area contributed by atoms with Crippen molar-refractivity contribution in [3.8, 4) is 0 Å². The maximum atomic E-state index is 12.4. The van der Waals surface area contributed by atoms with Gasteiger partial charge in [0.1, 0.15) is 11.3 Å². The maximum Gasteiger partial charge on any atom is 0.176 e. The molecular formula is C18H21ClNO2+. The number of nitrogens with one attached hydrogen (secondary N) is 1. The highest BCUT2D eigenvalue weighted by Crippen LogP contribution is 2.33. The van der Waals surface area contributed by atoms with Gasteiger partial charge in [0.25, 0.3) is 0 Å². The fourth-order valence-electron chi connectivity index (χ4n) is 3.36. The molecule has 1 fully saturated rings. The molecule has 1 atom stereocenters. The molecule has 0 radical (unpaired) electrons. The van der Waals surface area contributed by atoms with Gasteiger partial charge in [0.2, 0.25) is 0 Å². The first-order valence-electron chi connectivity index (χ1n) is 7.93. The first-order valence-corrected chi connectivity index (χ1v) is 8.31. The van der Waals surface area contributed by atoms with Crippen molar-refractivity contribution in [2.24, 2.45) is 0 Å². The van der Waals surface area contributed by atoms with Crippen LogP contribution >= 0.6 is 11.6 Å². The smallest absolute Gasteiger partial charge is 0.176 e. The summed E-state index contributed by atoms with van der Waals surface area (Å²) in [7, 11) is 0. The van der Waals surface area contributed by atoms with E-state index in [0.717, 1.165) is 18.4 Å². The second-order valence-corrected chi connectivity index (χ2v) is 6.67. The standard InChI is InChI=1S/C18H20ClNO2/c19-14-5-3-4-12(8-14)13-9-17(21)16(18(22)10-13)11-20-15-6-1-2-7-15/h3-5,8,11,13,15,21H,1-2,6-7,9-10H2/p+1/t13-/m1/s1. The Hall–Kier alpha value is -1.61. The van der Waals surface area contributed by atoms with E-state index in [9.17, 15) is 9.90 Å². The van der Waals surface area contributed by atoms with Gasteiger partial charge in [-0.1, -0.05) is 23.7 Å². The second kappa shape index (κ2) is 6.66. The Morgan fingerprint density at radius 2 is 2.00 bits per heavy atom. The van der Waals surface area contributed by atoms with Crippen LogP contribution in [0, 0.1) is 0 Å². The number of carbonyl (C=O) groups excluding carboxylic acids is 1. The molecule has 2 N–H and O–H groups in total. The van der Waals surface area contributed by atoms with Crippen molar-refractivity contribution >= 4 is 23.6 Å². The topological polar surface area (TPSA) is 51.3 Å². The number of ketones is 1. The minimum atomic E-state index is -0.000720. The van der Waals surface area contributed by atoms with Gasteiger partial charge in [-0.15, -0.1) is 0 Å². The highest BCUT2D eigenvalue weighted by molar-refractivity contribution is 6.30. The summed E-state index contributed by atoms with van der Waals surface area (Å²) in [5, 5.41) is 10.9. The Bertz CT molecular complexity index is 630. The number of allylic oxidation sites excluding steroid dienone is 2. The second-order valence-electron chi connectivity index (χ2n) is 6.24. The molecular weight excluding hydrogens is 298 g/mol. The predicted octanol–water partition coefficient (Wildman–Crippen LogP) is 2.69. The lowest BCUT2D eigenvalue weighted by Gasteiger charge is -2.21. The van der Waals surface area contributed by atoms with Crippen LogP contribution in [0.1, 0.15) is 50.0 Å². The Labute approximate surface area is 135 Å². The molecule has 0 amide bonds. The van der Waals surface area contributed by atoms with Gasteiger partial charge >= 0.3 is 0 Å². The molecule has 2 aliphatic rings. The number of benzene rings is 1. The van der Waals surface area contributed by atoms with E-state index in [2.05, 4.69) is 4.99 Å².